The number of amides is 1. The van der Waals surface area contributed by atoms with Gasteiger partial charge in [-0.2, -0.15) is 10.2 Å². The summed E-state index contributed by atoms with van der Waals surface area (Å²) in [6.07, 6.45) is 3.36. The van der Waals surface area contributed by atoms with Crippen LogP contribution in [0.3, 0.4) is 0 Å². The van der Waals surface area contributed by atoms with Gasteiger partial charge in [-0.15, -0.1) is 0 Å². The number of carbonyl (C=O) groups excluding carboxylic acids is 1. The third-order valence-electron chi connectivity index (χ3n) is 2.72. The van der Waals surface area contributed by atoms with Crippen LogP contribution >= 0.6 is 0 Å². The Bertz CT molecular complexity index is 562. The summed E-state index contributed by atoms with van der Waals surface area (Å²) in [5, 5.41) is 10.5. The maximum atomic E-state index is 12.1. The fourth-order valence-electron chi connectivity index (χ4n) is 1.80. The van der Waals surface area contributed by atoms with Crippen LogP contribution in [0, 0.1) is 0 Å². The zero-order valence-electron chi connectivity index (χ0n) is 11.0. The van der Waals surface area contributed by atoms with E-state index in [0.717, 1.165) is 0 Å². The molecule has 0 unspecified atom stereocenters. The van der Waals surface area contributed by atoms with Crippen LogP contribution in [0.5, 0.6) is 0 Å². The van der Waals surface area contributed by atoms with Gasteiger partial charge in [0, 0.05) is 18.4 Å². The van der Waals surface area contributed by atoms with Crippen LogP contribution in [0.4, 0.5) is 5.69 Å². The van der Waals surface area contributed by atoms with Crippen molar-refractivity contribution in [3.05, 3.63) is 42.0 Å². The molecule has 0 aromatic carbocycles. The normalized spacial score (nSPS) is 10.7. The third kappa shape index (κ3) is 3.09. The van der Waals surface area contributed by atoms with Crippen molar-refractivity contribution in [2.75, 3.05) is 5.73 Å². The van der Waals surface area contributed by atoms with Crippen molar-refractivity contribution < 1.29 is 4.79 Å². The molecule has 6 nitrogen and oxygen atoms in total. The molecule has 0 radical (unpaired) electrons. The topological polar surface area (TPSA) is 85.8 Å². The monoisotopic (exact) mass is 259 g/mol. The van der Waals surface area contributed by atoms with Gasteiger partial charge >= 0.3 is 0 Å². The average Bonchev–Trinajstić information content (AvgIpc) is 2.79. The second-order valence-corrected chi connectivity index (χ2v) is 4.56. The molecule has 2 aromatic heterocycles. The average molecular weight is 259 g/mol. The predicted octanol–water partition coefficient (Wildman–Crippen LogP) is 1.37. The zero-order valence-corrected chi connectivity index (χ0v) is 11.0. The van der Waals surface area contributed by atoms with Gasteiger partial charge in [-0.1, -0.05) is 0 Å². The number of nitrogens with one attached hydrogen (secondary N) is 1. The Hall–Kier alpha value is -2.37. The Kier molecular flexibility index (Phi) is 3.79. The van der Waals surface area contributed by atoms with Crippen LogP contribution in [0.2, 0.25) is 0 Å². The highest BCUT2D eigenvalue weighted by Crippen LogP contribution is 2.16. The second-order valence-electron chi connectivity index (χ2n) is 4.56. The fraction of sp³-hybridized carbons (Fsp3) is 0.308. The first-order valence-corrected chi connectivity index (χ1v) is 6.10. The number of nitrogens with zero attached hydrogens (tertiary/aromatic N) is 3. The van der Waals surface area contributed by atoms with Crippen LogP contribution in [0.25, 0.3) is 0 Å². The highest BCUT2D eigenvalue weighted by Gasteiger charge is 2.14. The number of hydrogen-bond acceptors (Lipinski definition) is 4. The van der Waals surface area contributed by atoms with Gasteiger partial charge < -0.3 is 15.6 Å². The summed E-state index contributed by atoms with van der Waals surface area (Å²) in [6.45, 7) is 4.34. The minimum atomic E-state index is -0.170. The van der Waals surface area contributed by atoms with Gasteiger partial charge in [0.25, 0.3) is 5.91 Å². The molecular formula is C13H17N5O. The maximum Gasteiger partial charge on any atom is 0.268 e. The van der Waals surface area contributed by atoms with Crippen molar-refractivity contribution in [2.45, 2.75) is 26.4 Å². The molecule has 0 aliphatic carbocycles. The van der Waals surface area contributed by atoms with Gasteiger partial charge in [0.15, 0.2) is 0 Å². The second kappa shape index (κ2) is 5.51. The third-order valence-corrected chi connectivity index (χ3v) is 2.72. The standard InChI is InChI=1S/C13H17N5O/c1-9(2)18-8-10(14)6-12(18)13(19)15-7-11-4-3-5-16-17-11/h3-6,8-9H,7,14H2,1-2H3,(H,15,19). The summed E-state index contributed by atoms with van der Waals surface area (Å²) in [6, 6.07) is 5.44. The van der Waals surface area contributed by atoms with Crippen LogP contribution in [-0.4, -0.2) is 20.7 Å². The van der Waals surface area contributed by atoms with Crippen LogP contribution in [0.1, 0.15) is 36.1 Å². The number of nitrogen functional groups attached to an aromatic ring is 1. The van der Waals surface area contributed by atoms with Crippen molar-refractivity contribution >= 4 is 11.6 Å². The van der Waals surface area contributed by atoms with Crippen LogP contribution < -0.4 is 11.1 Å². The van der Waals surface area contributed by atoms with Crippen molar-refractivity contribution in [1.29, 1.82) is 0 Å². The molecule has 0 aliphatic rings. The first-order valence-electron chi connectivity index (χ1n) is 6.10. The summed E-state index contributed by atoms with van der Waals surface area (Å²) >= 11 is 0. The molecule has 0 bridgehead atoms. The van der Waals surface area contributed by atoms with E-state index in [0.29, 0.717) is 23.6 Å². The summed E-state index contributed by atoms with van der Waals surface area (Å²) in [5.74, 6) is -0.170. The van der Waals surface area contributed by atoms with E-state index < -0.39 is 0 Å². The van der Waals surface area contributed by atoms with Crippen LogP contribution in [-0.2, 0) is 6.54 Å². The summed E-state index contributed by atoms with van der Waals surface area (Å²) in [7, 11) is 0. The van der Waals surface area contributed by atoms with Crippen molar-refractivity contribution in [2.24, 2.45) is 0 Å². The summed E-state index contributed by atoms with van der Waals surface area (Å²) in [5.41, 5.74) is 7.59. The maximum absolute atomic E-state index is 12.1. The van der Waals surface area contributed by atoms with E-state index in [2.05, 4.69) is 15.5 Å². The van der Waals surface area contributed by atoms with Crippen molar-refractivity contribution in [3.8, 4) is 0 Å². The molecule has 2 rings (SSSR count). The molecule has 0 spiro atoms. The van der Waals surface area contributed by atoms with Gasteiger partial charge in [0.1, 0.15) is 5.69 Å². The molecule has 0 aliphatic heterocycles. The van der Waals surface area contributed by atoms with Crippen LogP contribution in [0.15, 0.2) is 30.6 Å². The smallest absolute Gasteiger partial charge is 0.268 e. The Morgan fingerprint density at radius 3 is 2.95 bits per heavy atom. The number of hydrogen-bond donors (Lipinski definition) is 2. The Morgan fingerprint density at radius 1 is 1.53 bits per heavy atom. The Balaban J connectivity index is 2.08. The Morgan fingerprint density at radius 2 is 2.32 bits per heavy atom. The number of aromatic nitrogens is 3. The quantitative estimate of drug-likeness (QED) is 0.868. The molecule has 2 heterocycles. The molecular weight excluding hydrogens is 242 g/mol. The lowest BCUT2D eigenvalue weighted by Gasteiger charge is -2.12. The number of anilines is 1. The van der Waals surface area contributed by atoms with E-state index in [-0.39, 0.29) is 11.9 Å². The SMILES string of the molecule is CC(C)n1cc(N)cc1C(=O)NCc1cccnn1. The summed E-state index contributed by atoms with van der Waals surface area (Å²) in [4.78, 5) is 12.1. The molecule has 0 atom stereocenters. The van der Waals surface area contributed by atoms with Gasteiger partial charge in [-0.25, -0.2) is 0 Å². The minimum absolute atomic E-state index is 0.170. The minimum Gasteiger partial charge on any atom is -0.397 e. The Labute approximate surface area is 111 Å². The first kappa shape index (κ1) is 13.1. The lowest BCUT2D eigenvalue weighted by atomic mass is 10.3. The van der Waals surface area contributed by atoms with E-state index >= 15 is 0 Å². The lowest BCUT2D eigenvalue weighted by Crippen LogP contribution is -2.26. The molecule has 0 saturated carbocycles. The molecule has 6 heteroatoms. The molecule has 2 aromatic rings. The van der Waals surface area contributed by atoms with Crippen molar-refractivity contribution in [3.63, 3.8) is 0 Å². The predicted molar refractivity (Wildman–Crippen MR) is 72.4 cm³/mol. The van der Waals surface area contributed by atoms with Gasteiger partial charge in [-0.05, 0) is 32.0 Å². The van der Waals surface area contributed by atoms with E-state index in [1.165, 1.54) is 0 Å². The van der Waals surface area contributed by atoms with Crippen molar-refractivity contribution in [1.82, 2.24) is 20.1 Å². The van der Waals surface area contributed by atoms with Gasteiger partial charge in [-0.3, -0.25) is 4.79 Å². The van der Waals surface area contributed by atoms with E-state index in [4.69, 9.17) is 5.73 Å². The molecule has 19 heavy (non-hydrogen) atoms. The fourth-order valence-corrected chi connectivity index (χ4v) is 1.80. The van der Waals surface area contributed by atoms with E-state index in [1.807, 2.05) is 24.5 Å². The number of carbonyl (C=O) groups is 1. The zero-order chi connectivity index (χ0) is 13.8. The highest BCUT2D eigenvalue weighted by molar-refractivity contribution is 5.93. The largest absolute Gasteiger partial charge is 0.397 e. The molecule has 1 amide bonds. The van der Waals surface area contributed by atoms with E-state index in [1.54, 1.807) is 24.5 Å². The first-order chi connectivity index (χ1) is 9.08. The molecule has 3 N–H and O–H groups in total. The number of nitrogens with two attached hydrogens (primary N) is 1. The van der Waals surface area contributed by atoms with Gasteiger partial charge in [0.2, 0.25) is 0 Å². The molecule has 0 saturated heterocycles. The lowest BCUT2D eigenvalue weighted by molar-refractivity contribution is 0.0939. The van der Waals surface area contributed by atoms with E-state index in [9.17, 15) is 4.79 Å². The molecule has 100 valence electrons. The highest BCUT2D eigenvalue weighted by atomic mass is 16.1. The number of rotatable bonds is 4. The molecule has 0 fully saturated rings. The summed E-state index contributed by atoms with van der Waals surface area (Å²) < 4.78 is 1.85. The van der Waals surface area contributed by atoms with Gasteiger partial charge in [0.05, 0.1) is 17.9 Å².